The van der Waals surface area contributed by atoms with Crippen LogP contribution >= 0.6 is 12.4 Å². The first-order chi connectivity index (χ1) is 4.93. The smallest absolute Gasteiger partial charge is 0.0431 e. The summed E-state index contributed by atoms with van der Waals surface area (Å²) in [7, 11) is 0. The molecule has 0 aromatic rings. The minimum Gasteiger partial charge on any atom is -0.396 e. The van der Waals surface area contributed by atoms with Gasteiger partial charge in [0.05, 0.1) is 0 Å². The van der Waals surface area contributed by atoms with Crippen LogP contribution < -0.4 is 5.32 Å². The molecule has 68 valence electrons. The molecule has 1 fully saturated rings. The summed E-state index contributed by atoms with van der Waals surface area (Å²) in [6, 6.07) is 0. The van der Waals surface area contributed by atoms with Gasteiger partial charge in [0, 0.05) is 6.61 Å². The molecule has 11 heavy (non-hydrogen) atoms. The van der Waals surface area contributed by atoms with Crippen molar-refractivity contribution in [2.45, 2.75) is 25.7 Å². The molecule has 0 aliphatic carbocycles. The Morgan fingerprint density at radius 2 is 2.27 bits per heavy atom. The van der Waals surface area contributed by atoms with E-state index < -0.39 is 0 Å². The van der Waals surface area contributed by atoms with E-state index in [4.69, 9.17) is 5.11 Å². The van der Waals surface area contributed by atoms with E-state index in [1.54, 1.807) is 0 Å². The third kappa shape index (κ3) is 4.62. The molecule has 1 heterocycles. The standard InChI is InChI=1S/C8H17NO.ClH/c10-6-2-4-8-3-1-5-9-7-8;/h8-10H,1-7H2;1H/t8-;/m0./s1. The zero-order valence-corrected chi connectivity index (χ0v) is 7.70. The zero-order valence-electron chi connectivity index (χ0n) is 6.88. The van der Waals surface area contributed by atoms with Crippen molar-refractivity contribution in [2.24, 2.45) is 5.92 Å². The Morgan fingerprint density at radius 1 is 1.45 bits per heavy atom. The summed E-state index contributed by atoms with van der Waals surface area (Å²) in [6.07, 6.45) is 4.85. The molecule has 0 aromatic heterocycles. The summed E-state index contributed by atoms with van der Waals surface area (Å²) >= 11 is 0. The number of piperidine rings is 1. The number of hydrogen-bond acceptors (Lipinski definition) is 2. The first-order valence-corrected chi connectivity index (χ1v) is 4.25. The number of halogens is 1. The minimum atomic E-state index is 0. The van der Waals surface area contributed by atoms with Crippen molar-refractivity contribution < 1.29 is 5.11 Å². The Labute approximate surface area is 74.8 Å². The first-order valence-electron chi connectivity index (χ1n) is 4.25. The Balaban J connectivity index is 0.000001000. The third-order valence-electron chi connectivity index (χ3n) is 2.17. The Bertz CT molecular complexity index is 84.2. The Kier molecular flexibility index (Phi) is 7.02. The molecule has 0 saturated carbocycles. The average molecular weight is 180 g/mol. The van der Waals surface area contributed by atoms with E-state index in [1.807, 2.05) is 0 Å². The maximum absolute atomic E-state index is 8.58. The highest BCUT2D eigenvalue weighted by atomic mass is 35.5. The summed E-state index contributed by atoms with van der Waals surface area (Å²) in [5, 5.41) is 11.9. The highest BCUT2D eigenvalue weighted by Gasteiger charge is 2.11. The third-order valence-corrected chi connectivity index (χ3v) is 2.17. The van der Waals surface area contributed by atoms with E-state index in [0.29, 0.717) is 6.61 Å². The van der Waals surface area contributed by atoms with Gasteiger partial charge in [-0.25, -0.2) is 0 Å². The normalized spacial score (nSPS) is 24.3. The molecule has 0 aromatic carbocycles. The fourth-order valence-electron chi connectivity index (χ4n) is 1.55. The van der Waals surface area contributed by atoms with Crippen LogP contribution in [0.15, 0.2) is 0 Å². The summed E-state index contributed by atoms with van der Waals surface area (Å²) < 4.78 is 0. The van der Waals surface area contributed by atoms with Crippen LogP contribution in [-0.2, 0) is 0 Å². The topological polar surface area (TPSA) is 32.3 Å². The molecular weight excluding hydrogens is 162 g/mol. The van der Waals surface area contributed by atoms with Gasteiger partial charge in [-0.3, -0.25) is 0 Å². The van der Waals surface area contributed by atoms with Gasteiger partial charge in [0.25, 0.3) is 0 Å². The molecule has 2 N–H and O–H groups in total. The SMILES string of the molecule is Cl.OCCC[C@@H]1CCCNC1. The second kappa shape index (κ2) is 6.89. The van der Waals surface area contributed by atoms with E-state index in [1.165, 1.54) is 32.4 Å². The fraction of sp³-hybridized carbons (Fsp3) is 1.00. The van der Waals surface area contributed by atoms with Crippen LogP contribution in [0.25, 0.3) is 0 Å². The van der Waals surface area contributed by atoms with Gasteiger partial charge in [0.2, 0.25) is 0 Å². The lowest BCUT2D eigenvalue weighted by molar-refractivity contribution is 0.258. The van der Waals surface area contributed by atoms with Crippen LogP contribution in [-0.4, -0.2) is 24.8 Å². The molecule has 0 radical (unpaired) electrons. The van der Waals surface area contributed by atoms with Crippen LogP contribution in [0.4, 0.5) is 0 Å². The lowest BCUT2D eigenvalue weighted by Crippen LogP contribution is -2.29. The summed E-state index contributed by atoms with van der Waals surface area (Å²) in [5.41, 5.74) is 0. The molecular formula is C8H18ClNO. The highest BCUT2D eigenvalue weighted by Crippen LogP contribution is 2.14. The number of rotatable bonds is 3. The quantitative estimate of drug-likeness (QED) is 0.682. The zero-order chi connectivity index (χ0) is 7.23. The van der Waals surface area contributed by atoms with Crippen LogP contribution in [0.5, 0.6) is 0 Å². The summed E-state index contributed by atoms with van der Waals surface area (Å²) in [4.78, 5) is 0. The van der Waals surface area contributed by atoms with Crippen LogP contribution in [0.3, 0.4) is 0 Å². The van der Waals surface area contributed by atoms with Gasteiger partial charge < -0.3 is 10.4 Å². The first kappa shape index (κ1) is 11.2. The molecule has 1 aliphatic rings. The van der Waals surface area contributed by atoms with Crippen molar-refractivity contribution >= 4 is 12.4 Å². The van der Waals surface area contributed by atoms with Crippen molar-refractivity contribution in [1.29, 1.82) is 0 Å². The number of aliphatic hydroxyl groups excluding tert-OH is 1. The monoisotopic (exact) mass is 179 g/mol. The predicted molar refractivity (Wildman–Crippen MR) is 49.2 cm³/mol. The van der Waals surface area contributed by atoms with E-state index >= 15 is 0 Å². The summed E-state index contributed by atoms with van der Waals surface area (Å²) in [6.45, 7) is 2.71. The van der Waals surface area contributed by atoms with Crippen LogP contribution in [0, 0.1) is 5.92 Å². The largest absolute Gasteiger partial charge is 0.396 e. The highest BCUT2D eigenvalue weighted by molar-refractivity contribution is 5.85. The predicted octanol–water partition coefficient (Wildman–Crippen LogP) is 1.18. The van der Waals surface area contributed by atoms with E-state index in [9.17, 15) is 0 Å². The van der Waals surface area contributed by atoms with Gasteiger partial charge in [-0.05, 0) is 44.7 Å². The molecule has 1 saturated heterocycles. The van der Waals surface area contributed by atoms with Crippen LogP contribution in [0.2, 0.25) is 0 Å². The molecule has 0 bridgehead atoms. The Hall–Kier alpha value is 0.210. The summed E-state index contributed by atoms with van der Waals surface area (Å²) in [5.74, 6) is 0.834. The number of nitrogens with one attached hydrogen (secondary N) is 1. The lowest BCUT2D eigenvalue weighted by Gasteiger charge is -2.21. The minimum absolute atomic E-state index is 0. The van der Waals surface area contributed by atoms with Gasteiger partial charge in [-0.15, -0.1) is 12.4 Å². The molecule has 1 rings (SSSR count). The van der Waals surface area contributed by atoms with Crippen molar-refractivity contribution in [3.8, 4) is 0 Å². The van der Waals surface area contributed by atoms with Gasteiger partial charge in [-0.1, -0.05) is 0 Å². The maximum Gasteiger partial charge on any atom is 0.0431 e. The molecule has 0 spiro atoms. The molecule has 0 amide bonds. The van der Waals surface area contributed by atoms with Gasteiger partial charge in [0.15, 0.2) is 0 Å². The second-order valence-corrected chi connectivity index (χ2v) is 3.08. The van der Waals surface area contributed by atoms with Crippen molar-refractivity contribution in [3.63, 3.8) is 0 Å². The molecule has 2 nitrogen and oxygen atoms in total. The van der Waals surface area contributed by atoms with Crippen LogP contribution in [0.1, 0.15) is 25.7 Å². The Morgan fingerprint density at radius 3 is 2.82 bits per heavy atom. The van der Waals surface area contributed by atoms with Crippen molar-refractivity contribution in [2.75, 3.05) is 19.7 Å². The lowest BCUT2D eigenvalue weighted by atomic mass is 9.95. The van der Waals surface area contributed by atoms with Crippen molar-refractivity contribution in [1.82, 2.24) is 5.32 Å². The van der Waals surface area contributed by atoms with Gasteiger partial charge in [0.1, 0.15) is 0 Å². The average Bonchev–Trinajstić information content (AvgIpc) is 2.03. The fourth-order valence-corrected chi connectivity index (χ4v) is 1.55. The molecule has 3 heteroatoms. The van der Waals surface area contributed by atoms with Gasteiger partial charge >= 0.3 is 0 Å². The van der Waals surface area contributed by atoms with Gasteiger partial charge in [-0.2, -0.15) is 0 Å². The second-order valence-electron chi connectivity index (χ2n) is 3.08. The molecule has 1 atom stereocenters. The van der Waals surface area contributed by atoms with E-state index in [2.05, 4.69) is 5.32 Å². The van der Waals surface area contributed by atoms with Crippen molar-refractivity contribution in [3.05, 3.63) is 0 Å². The molecule has 1 aliphatic heterocycles. The van der Waals surface area contributed by atoms with E-state index in [-0.39, 0.29) is 12.4 Å². The maximum atomic E-state index is 8.58. The number of aliphatic hydroxyl groups is 1. The molecule has 0 unspecified atom stereocenters. The van der Waals surface area contributed by atoms with E-state index in [0.717, 1.165) is 12.3 Å². The number of hydrogen-bond donors (Lipinski definition) is 2.